The molecule has 0 saturated heterocycles. The van der Waals surface area contributed by atoms with Gasteiger partial charge in [0.05, 0.1) is 0 Å². The molecule has 64 valence electrons. The molecule has 0 nitrogen and oxygen atoms in total. The minimum absolute atomic E-state index is 0.308. The highest BCUT2D eigenvalue weighted by Gasteiger charge is 1.91. The summed E-state index contributed by atoms with van der Waals surface area (Å²) in [6.07, 6.45) is 1.13. The molecule has 0 amide bonds. The van der Waals surface area contributed by atoms with E-state index >= 15 is 0 Å². The Morgan fingerprint density at radius 3 is 1.82 bits per heavy atom. The summed E-state index contributed by atoms with van der Waals surface area (Å²) in [5, 5.41) is 0.308. The molecule has 0 aromatic heterocycles. The van der Waals surface area contributed by atoms with Gasteiger partial charge < -0.3 is 0 Å². The molecule has 2 heteroatoms. The van der Waals surface area contributed by atoms with Crippen LogP contribution in [0.1, 0.15) is 20.8 Å². The highest BCUT2D eigenvalue weighted by atomic mass is 35.5. The summed E-state index contributed by atoms with van der Waals surface area (Å²) in [7, 11) is 0. The fourth-order valence-electron chi connectivity index (χ4n) is 0.261. The van der Waals surface area contributed by atoms with Gasteiger partial charge in [-0.25, -0.2) is 4.39 Å². The van der Waals surface area contributed by atoms with E-state index in [2.05, 4.69) is 13.2 Å². The predicted octanol–water partition coefficient (Wildman–Crippen LogP) is 4.19. The molecule has 0 saturated carbocycles. The van der Waals surface area contributed by atoms with Gasteiger partial charge in [0.2, 0.25) is 0 Å². The van der Waals surface area contributed by atoms with E-state index in [4.69, 9.17) is 11.6 Å². The van der Waals surface area contributed by atoms with Crippen LogP contribution in [0.5, 0.6) is 0 Å². The van der Waals surface area contributed by atoms with Crippen molar-refractivity contribution in [2.24, 2.45) is 0 Å². The van der Waals surface area contributed by atoms with Crippen molar-refractivity contribution in [2.75, 3.05) is 0 Å². The number of halogens is 2. The van der Waals surface area contributed by atoms with Gasteiger partial charge in [-0.2, -0.15) is 0 Å². The van der Waals surface area contributed by atoms with Gasteiger partial charge in [-0.3, -0.25) is 0 Å². The minimum atomic E-state index is -0.553. The molecular formula is C9H14ClF. The second-order valence-electron chi connectivity index (χ2n) is 1.72. The van der Waals surface area contributed by atoms with E-state index in [-0.39, 0.29) is 0 Å². The predicted molar refractivity (Wildman–Crippen MR) is 50.3 cm³/mol. The second-order valence-corrected chi connectivity index (χ2v) is 2.13. The molecule has 0 aliphatic heterocycles. The average Bonchev–Trinajstić information content (AvgIpc) is 1.90. The first-order valence-electron chi connectivity index (χ1n) is 3.41. The zero-order chi connectivity index (χ0) is 9.44. The molecule has 0 radical (unpaired) electrons. The summed E-state index contributed by atoms with van der Waals surface area (Å²) in [5.41, 5.74) is 0.635. The lowest BCUT2D eigenvalue weighted by Crippen LogP contribution is -1.71. The Kier molecular flexibility index (Phi) is 8.96. The summed E-state index contributed by atoms with van der Waals surface area (Å²) in [4.78, 5) is 0. The van der Waals surface area contributed by atoms with Crippen LogP contribution in [0.25, 0.3) is 0 Å². The molecule has 0 aliphatic carbocycles. The Morgan fingerprint density at radius 1 is 1.36 bits per heavy atom. The van der Waals surface area contributed by atoms with Gasteiger partial charge >= 0.3 is 0 Å². The Bertz CT molecular complexity index is 168. The molecule has 0 aliphatic rings. The monoisotopic (exact) mass is 176 g/mol. The Morgan fingerprint density at radius 2 is 1.73 bits per heavy atom. The van der Waals surface area contributed by atoms with Crippen molar-refractivity contribution in [3.8, 4) is 0 Å². The standard InChI is InChI=1S/C7H8ClF.C2H6/c1-5(2)7(8)4-6(3)9;1-2/h4H,1,3H2,2H3;1-2H3/b7-4+;. The molecule has 0 spiro atoms. The molecule has 0 unspecified atom stereocenters. The molecule has 0 heterocycles. The van der Waals surface area contributed by atoms with E-state index in [1.807, 2.05) is 13.8 Å². The van der Waals surface area contributed by atoms with Gasteiger partial charge in [0, 0.05) is 5.03 Å². The van der Waals surface area contributed by atoms with Gasteiger partial charge in [-0.05, 0) is 18.6 Å². The van der Waals surface area contributed by atoms with Crippen LogP contribution in [0.4, 0.5) is 4.39 Å². The van der Waals surface area contributed by atoms with Crippen molar-refractivity contribution in [3.05, 3.63) is 35.7 Å². The first kappa shape index (κ1) is 13.1. The highest BCUT2D eigenvalue weighted by molar-refractivity contribution is 6.32. The van der Waals surface area contributed by atoms with Gasteiger partial charge in [0.25, 0.3) is 0 Å². The number of hydrogen-bond donors (Lipinski definition) is 0. The van der Waals surface area contributed by atoms with Crippen molar-refractivity contribution in [2.45, 2.75) is 20.8 Å². The molecule has 0 atom stereocenters. The minimum Gasteiger partial charge on any atom is -0.208 e. The van der Waals surface area contributed by atoms with Crippen molar-refractivity contribution >= 4 is 11.6 Å². The summed E-state index contributed by atoms with van der Waals surface area (Å²) in [5.74, 6) is -0.553. The third kappa shape index (κ3) is 9.44. The van der Waals surface area contributed by atoms with Crippen molar-refractivity contribution in [1.82, 2.24) is 0 Å². The topological polar surface area (TPSA) is 0 Å². The van der Waals surface area contributed by atoms with Crippen LogP contribution < -0.4 is 0 Å². The van der Waals surface area contributed by atoms with Crippen LogP contribution in [0.3, 0.4) is 0 Å². The maximum absolute atomic E-state index is 11.9. The number of hydrogen-bond acceptors (Lipinski definition) is 0. The quantitative estimate of drug-likeness (QED) is 0.554. The maximum atomic E-state index is 11.9. The van der Waals surface area contributed by atoms with Crippen LogP contribution in [-0.2, 0) is 0 Å². The molecule has 0 bridgehead atoms. The van der Waals surface area contributed by atoms with E-state index in [1.54, 1.807) is 6.92 Å². The van der Waals surface area contributed by atoms with Crippen molar-refractivity contribution in [3.63, 3.8) is 0 Å². The van der Waals surface area contributed by atoms with E-state index in [0.717, 1.165) is 6.08 Å². The van der Waals surface area contributed by atoms with Crippen LogP contribution in [0.15, 0.2) is 35.7 Å². The van der Waals surface area contributed by atoms with E-state index in [9.17, 15) is 4.39 Å². The third-order valence-corrected chi connectivity index (χ3v) is 1.12. The van der Waals surface area contributed by atoms with Gasteiger partial charge in [-0.15, -0.1) is 0 Å². The SMILES string of the molecule is C=C(F)/C=C(/Cl)C(=C)C.CC. The summed E-state index contributed by atoms with van der Waals surface area (Å²) in [6.45, 7) is 12.2. The number of allylic oxidation sites excluding steroid dienone is 4. The second kappa shape index (κ2) is 7.55. The lowest BCUT2D eigenvalue weighted by molar-refractivity contribution is 0.671. The smallest absolute Gasteiger partial charge is 0.117 e. The summed E-state index contributed by atoms with van der Waals surface area (Å²) in [6, 6.07) is 0. The Hall–Kier alpha value is -0.560. The lowest BCUT2D eigenvalue weighted by atomic mass is 10.3. The van der Waals surface area contributed by atoms with Crippen LogP contribution in [0, 0.1) is 0 Å². The largest absolute Gasteiger partial charge is 0.208 e. The first-order valence-corrected chi connectivity index (χ1v) is 3.79. The third-order valence-electron chi connectivity index (χ3n) is 0.691. The first-order chi connectivity index (χ1) is 5.04. The fourth-order valence-corrected chi connectivity index (χ4v) is 0.379. The van der Waals surface area contributed by atoms with Crippen LogP contribution >= 0.6 is 11.6 Å². The highest BCUT2D eigenvalue weighted by Crippen LogP contribution is 2.13. The average molecular weight is 177 g/mol. The molecule has 0 N–H and O–H groups in total. The Balaban J connectivity index is 0. The van der Waals surface area contributed by atoms with Crippen molar-refractivity contribution < 1.29 is 4.39 Å². The van der Waals surface area contributed by atoms with Gasteiger partial charge in [0.1, 0.15) is 5.83 Å². The molecular weight excluding hydrogens is 163 g/mol. The van der Waals surface area contributed by atoms with E-state index in [1.165, 1.54) is 0 Å². The molecule has 0 aromatic carbocycles. The normalized spacial score (nSPS) is 9.73. The van der Waals surface area contributed by atoms with Gasteiger partial charge in [0.15, 0.2) is 0 Å². The molecule has 0 rings (SSSR count). The number of rotatable bonds is 2. The maximum Gasteiger partial charge on any atom is 0.117 e. The van der Waals surface area contributed by atoms with E-state index in [0.29, 0.717) is 10.6 Å². The zero-order valence-electron chi connectivity index (χ0n) is 7.25. The lowest BCUT2D eigenvalue weighted by Gasteiger charge is -1.91. The Labute approximate surface area is 73.1 Å². The molecule has 11 heavy (non-hydrogen) atoms. The summed E-state index contributed by atoms with van der Waals surface area (Å²) >= 11 is 5.47. The summed E-state index contributed by atoms with van der Waals surface area (Å²) < 4.78 is 11.9. The zero-order valence-corrected chi connectivity index (χ0v) is 8.00. The molecule has 0 fully saturated rings. The van der Waals surface area contributed by atoms with Crippen LogP contribution in [-0.4, -0.2) is 0 Å². The van der Waals surface area contributed by atoms with E-state index < -0.39 is 5.83 Å². The van der Waals surface area contributed by atoms with Gasteiger partial charge in [-0.1, -0.05) is 38.6 Å². The fraction of sp³-hybridized carbons (Fsp3) is 0.333. The molecule has 0 aromatic rings. The van der Waals surface area contributed by atoms with Crippen molar-refractivity contribution in [1.29, 1.82) is 0 Å². The van der Waals surface area contributed by atoms with Crippen LogP contribution in [0.2, 0.25) is 0 Å².